The Hall–Kier alpha value is -1.30. The van der Waals surface area contributed by atoms with Gasteiger partial charge in [-0.15, -0.1) is 0 Å². The molecule has 0 aromatic rings. The zero-order chi connectivity index (χ0) is 13.8. The molecule has 108 valence electrons. The fourth-order valence-corrected chi connectivity index (χ4v) is 2.30. The summed E-state index contributed by atoms with van der Waals surface area (Å²) in [5.41, 5.74) is 0. The summed E-state index contributed by atoms with van der Waals surface area (Å²) >= 11 is 0. The smallest absolute Gasteiger partial charge is 0.334 e. The highest BCUT2D eigenvalue weighted by atomic mass is 16.5. The van der Waals surface area contributed by atoms with Crippen molar-refractivity contribution in [1.29, 1.82) is 0 Å². The predicted octanol–water partition coefficient (Wildman–Crippen LogP) is 1.16. The number of hydrogen-bond donors (Lipinski definition) is 1. The summed E-state index contributed by atoms with van der Waals surface area (Å²) in [5, 5.41) is 8.96. The van der Waals surface area contributed by atoms with Gasteiger partial charge in [0.15, 0.2) is 6.10 Å². The van der Waals surface area contributed by atoms with Gasteiger partial charge < -0.3 is 19.6 Å². The third-order valence-corrected chi connectivity index (χ3v) is 3.60. The normalized spacial score (nSPS) is 23.2. The Morgan fingerprint density at radius 3 is 2.74 bits per heavy atom. The van der Waals surface area contributed by atoms with Crippen molar-refractivity contribution in [2.45, 2.75) is 44.8 Å². The standard InChI is InChI=1S/C13H22N2O4/c1-2-3-6-15(10-4-5-10)13(18)14-7-8-19-11(9-14)12(16)17/h10-11H,2-9H2,1H3,(H,16,17). The van der Waals surface area contributed by atoms with Crippen LogP contribution in [-0.2, 0) is 9.53 Å². The molecule has 19 heavy (non-hydrogen) atoms. The molecule has 1 atom stereocenters. The first-order valence-corrected chi connectivity index (χ1v) is 7.03. The Labute approximate surface area is 113 Å². The lowest BCUT2D eigenvalue weighted by molar-refractivity contribution is -0.154. The van der Waals surface area contributed by atoms with Gasteiger partial charge in [0.05, 0.1) is 13.2 Å². The third-order valence-electron chi connectivity index (χ3n) is 3.60. The number of carbonyl (C=O) groups is 2. The number of ether oxygens (including phenoxy) is 1. The first-order valence-electron chi connectivity index (χ1n) is 7.03. The zero-order valence-corrected chi connectivity index (χ0v) is 11.4. The van der Waals surface area contributed by atoms with E-state index in [2.05, 4.69) is 6.92 Å². The molecule has 6 nitrogen and oxygen atoms in total. The molecule has 6 heteroatoms. The maximum Gasteiger partial charge on any atom is 0.334 e. The molecule has 1 N–H and O–H groups in total. The molecular formula is C13H22N2O4. The molecule has 1 saturated heterocycles. The molecule has 1 aliphatic carbocycles. The molecule has 0 aromatic heterocycles. The molecule has 0 bridgehead atoms. The van der Waals surface area contributed by atoms with Crippen molar-refractivity contribution < 1.29 is 19.4 Å². The molecule has 2 aliphatic rings. The largest absolute Gasteiger partial charge is 0.479 e. The fourth-order valence-electron chi connectivity index (χ4n) is 2.30. The van der Waals surface area contributed by atoms with Gasteiger partial charge in [0, 0.05) is 19.1 Å². The SMILES string of the molecule is CCCCN(C(=O)N1CCOC(C(=O)O)C1)C1CC1. The molecular weight excluding hydrogens is 248 g/mol. The maximum atomic E-state index is 12.5. The van der Waals surface area contributed by atoms with Gasteiger partial charge in [-0.2, -0.15) is 0 Å². The molecule has 1 heterocycles. The van der Waals surface area contributed by atoms with E-state index in [1.807, 2.05) is 4.90 Å². The van der Waals surface area contributed by atoms with E-state index in [1.165, 1.54) is 0 Å². The average Bonchev–Trinajstić information content (AvgIpc) is 3.23. The maximum absolute atomic E-state index is 12.5. The number of carboxylic acid groups (broad SMARTS) is 1. The van der Waals surface area contributed by atoms with Gasteiger partial charge in [-0.05, 0) is 19.3 Å². The summed E-state index contributed by atoms with van der Waals surface area (Å²) in [6.07, 6.45) is 3.31. The van der Waals surface area contributed by atoms with Crippen LogP contribution in [0.15, 0.2) is 0 Å². The third kappa shape index (κ3) is 3.59. The predicted molar refractivity (Wildman–Crippen MR) is 69.0 cm³/mol. The van der Waals surface area contributed by atoms with Crippen LogP contribution in [0.2, 0.25) is 0 Å². The molecule has 0 aromatic carbocycles. The number of urea groups is 1. The summed E-state index contributed by atoms with van der Waals surface area (Å²) in [6.45, 7) is 3.82. The van der Waals surface area contributed by atoms with E-state index in [0.717, 1.165) is 32.2 Å². The summed E-state index contributed by atoms with van der Waals surface area (Å²) in [5.74, 6) is -0.996. The Kier molecular flexibility index (Phi) is 4.63. The highest BCUT2D eigenvalue weighted by molar-refractivity contribution is 5.78. The van der Waals surface area contributed by atoms with Crippen LogP contribution >= 0.6 is 0 Å². The van der Waals surface area contributed by atoms with Crippen LogP contribution in [0, 0.1) is 0 Å². The topological polar surface area (TPSA) is 70.1 Å². The minimum atomic E-state index is -0.996. The van der Waals surface area contributed by atoms with Crippen molar-refractivity contribution in [2.24, 2.45) is 0 Å². The molecule has 1 saturated carbocycles. The van der Waals surface area contributed by atoms with E-state index < -0.39 is 12.1 Å². The van der Waals surface area contributed by atoms with E-state index in [-0.39, 0.29) is 12.6 Å². The average molecular weight is 270 g/mol. The summed E-state index contributed by atoms with van der Waals surface area (Å²) in [4.78, 5) is 26.9. The highest BCUT2D eigenvalue weighted by Crippen LogP contribution is 2.28. The van der Waals surface area contributed by atoms with Crippen LogP contribution in [0.1, 0.15) is 32.6 Å². The van der Waals surface area contributed by atoms with E-state index in [4.69, 9.17) is 9.84 Å². The van der Waals surface area contributed by atoms with Crippen molar-refractivity contribution in [3.63, 3.8) is 0 Å². The molecule has 1 aliphatic heterocycles. The number of carbonyl (C=O) groups excluding carboxylic acids is 1. The van der Waals surface area contributed by atoms with Gasteiger partial charge in [-0.25, -0.2) is 9.59 Å². The van der Waals surface area contributed by atoms with Crippen LogP contribution in [0.3, 0.4) is 0 Å². The van der Waals surface area contributed by atoms with Crippen LogP contribution < -0.4 is 0 Å². The van der Waals surface area contributed by atoms with Gasteiger partial charge in [0.25, 0.3) is 0 Å². The monoisotopic (exact) mass is 270 g/mol. The first kappa shape index (κ1) is 14.1. The van der Waals surface area contributed by atoms with Crippen molar-refractivity contribution in [2.75, 3.05) is 26.2 Å². The fraction of sp³-hybridized carbons (Fsp3) is 0.846. The lowest BCUT2D eigenvalue weighted by Crippen LogP contribution is -2.53. The first-order chi connectivity index (χ1) is 9.13. The van der Waals surface area contributed by atoms with Crippen molar-refractivity contribution in [1.82, 2.24) is 9.80 Å². The highest BCUT2D eigenvalue weighted by Gasteiger charge is 2.37. The number of amides is 2. The van der Waals surface area contributed by atoms with Gasteiger partial charge in [0.2, 0.25) is 0 Å². The Balaban J connectivity index is 1.94. The lowest BCUT2D eigenvalue weighted by atomic mass is 10.2. The Bertz CT molecular complexity index is 344. The number of aliphatic carboxylic acids is 1. The van der Waals surface area contributed by atoms with Crippen LogP contribution in [0.25, 0.3) is 0 Å². The van der Waals surface area contributed by atoms with E-state index in [9.17, 15) is 9.59 Å². The number of morpholine rings is 1. The number of hydrogen-bond acceptors (Lipinski definition) is 3. The minimum absolute atomic E-state index is 0.0227. The molecule has 2 amide bonds. The Morgan fingerprint density at radius 1 is 1.42 bits per heavy atom. The van der Waals surface area contributed by atoms with Crippen molar-refractivity contribution in [3.8, 4) is 0 Å². The van der Waals surface area contributed by atoms with E-state index >= 15 is 0 Å². The summed E-state index contributed by atoms with van der Waals surface area (Å²) < 4.78 is 5.14. The van der Waals surface area contributed by atoms with Gasteiger partial charge in [-0.3, -0.25) is 0 Å². The van der Waals surface area contributed by atoms with E-state index in [1.54, 1.807) is 4.90 Å². The summed E-state index contributed by atoms with van der Waals surface area (Å²) in [7, 11) is 0. The summed E-state index contributed by atoms with van der Waals surface area (Å²) in [6, 6.07) is 0.343. The number of carboxylic acids is 1. The van der Waals surface area contributed by atoms with Crippen LogP contribution in [0.5, 0.6) is 0 Å². The molecule has 1 unspecified atom stereocenters. The van der Waals surface area contributed by atoms with Crippen LogP contribution in [-0.4, -0.2) is 65.3 Å². The molecule has 2 fully saturated rings. The van der Waals surface area contributed by atoms with Gasteiger partial charge in [0.1, 0.15) is 0 Å². The number of unbranched alkanes of at least 4 members (excludes halogenated alkanes) is 1. The second kappa shape index (κ2) is 6.23. The quantitative estimate of drug-likeness (QED) is 0.813. The Morgan fingerprint density at radius 2 is 2.16 bits per heavy atom. The lowest BCUT2D eigenvalue weighted by Gasteiger charge is -2.35. The molecule has 0 spiro atoms. The van der Waals surface area contributed by atoms with Crippen molar-refractivity contribution >= 4 is 12.0 Å². The molecule has 0 radical (unpaired) electrons. The van der Waals surface area contributed by atoms with Crippen molar-refractivity contribution in [3.05, 3.63) is 0 Å². The van der Waals surface area contributed by atoms with Gasteiger partial charge in [-0.1, -0.05) is 13.3 Å². The number of nitrogens with zero attached hydrogens (tertiary/aromatic N) is 2. The molecule has 2 rings (SSSR count). The van der Waals surface area contributed by atoms with Gasteiger partial charge >= 0.3 is 12.0 Å². The minimum Gasteiger partial charge on any atom is -0.479 e. The van der Waals surface area contributed by atoms with E-state index in [0.29, 0.717) is 19.2 Å². The number of rotatable bonds is 5. The zero-order valence-electron chi connectivity index (χ0n) is 11.4. The van der Waals surface area contributed by atoms with Crippen LogP contribution in [0.4, 0.5) is 4.79 Å². The second-order valence-corrected chi connectivity index (χ2v) is 5.20. The second-order valence-electron chi connectivity index (χ2n) is 5.20.